The minimum atomic E-state index is 0.394. The van der Waals surface area contributed by atoms with Crippen molar-refractivity contribution >= 4 is 0 Å². The van der Waals surface area contributed by atoms with E-state index in [0.717, 1.165) is 17.6 Å². The molecule has 3 aliphatic rings. The standard InChI is InChI=1S/C20H24O/c1-3-20-11-4-5-19(20)18-8-6-14-13-15(21-2)7-9-16(14)17(18)10-12-20/h4-5,7,9,11,13,17-18H,3,6,8,10,12H2,1-2H3/t17-,18-,20+/m1/s1. The van der Waals surface area contributed by atoms with Crippen molar-refractivity contribution in [2.75, 3.05) is 7.11 Å². The van der Waals surface area contributed by atoms with Gasteiger partial charge < -0.3 is 4.74 Å². The Labute approximate surface area is 127 Å². The van der Waals surface area contributed by atoms with E-state index in [1.54, 1.807) is 18.2 Å². The molecule has 1 fully saturated rings. The second-order valence-corrected chi connectivity index (χ2v) is 6.85. The van der Waals surface area contributed by atoms with Crippen LogP contribution in [-0.4, -0.2) is 7.11 Å². The molecule has 110 valence electrons. The van der Waals surface area contributed by atoms with Gasteiger partial charge in [0.05, 0.1) is 7.11 Å². The van der Waals surface area contributed by atoms with Crippen molar-refractivity contribution in [3.8, 4) is 5.75 Å². The van der Waals surface area contributed by atoms with Crippen molar-refractivity contribution in [3.05, 3.63) is 53.1 Å². The van der Waals surface area contributed by atoms with Gasteiger partial charge in [-0.2, -0.15) is 0 Å². The van der Waals surface area contributed by atoms with E-state index in [4.69, 9.17) is 4.74 Å². The molecule has 0 heterocycles. The van der Waals surface area contributed by atoms with Crippen molar-refractivity contribution < 1.29 is 4.74 Å². The molecule has 1 nitrogen and oxygen atoms in total. The fourth-order valence-corrected chi connectivity index (χ4v) is 4.98. The van der Waals surface area contributed by atoms with Gasteiger partial charge in [-0.1, -0.05) is 36.8 Å². The highest BCUT2D eigenvalue weighted by molar-refractivity contribution is 5.46. The molecular weight excluding hydrogens is 256 g/mol. The number of methoxy groups -OCH3 is 1. The van der Waals surface area contributed by atoms with Crippen molar-refractivity contribution in [1.29, 1.82) is 0 Å². The van der Waals surface area contributed by atoms with Crippen molar-refractivity contribution in [2.45, 2.75) is 44.9 Å². The largest absolute Gasteiger partial charge is 0.497 e. The van der Waals surface area contributed by atoms with E-state index >= 15 is 0 Å². The molecule has 0 radical (unpaired) electrons. The lowest BCUT2D eigenvalue weighted by Crippen LogP contribution is -2.35. The normalized spacial score (nSPS) is 33.0. The van der Waals surface area contributed by atoms with E-state index in [2.05, 4.69) is 43.4 Å². The highest BCUT2D eigenvalue weighted by Gasteiger charge is 2.45. The van der Waals surface area contributed by atoms with Crippen molar-refractivity contribution in [3.63, 3.8) is 0 Å². The molecule has 1 heteroatoms. The first kappa shape index (κ1) is 13.2. The lowest BCUT2D eigenvalue weighted by Gasteiger charge is -2.47. The molecule has 0 unspecified atom stereocenters. The number of hydrogen-bond acceptors (Lipinski definition) is 1. The molecule has 21 heavy (non-hydrogen) atoms. The third-order valence-electron chi connectivity index (χ3n) is 6.16. The van der Waals surface area contributed by atoms with Crippen LogP contribution in [0.4, 0.5) is 0 Å². The molecule has 0 spiro atoms. The average Bonchev–Trinajstić information content (AvgIpc) is 2.98. The second-order valence-electron chi connectivity index (χ2n) is 6.85. The molecule has 0 saturated heterocycles. The van der Waals surface area contributed by atoms with Gasteiger partial charge in [0.1, 0.15) is 5.75 Å². The molecule has 1 aromatic rings. The average molecular weight is 280 g/mol. The van der Waals surface area contributed by atoms with E-state index in [1.165, 1.54) is 37.7 Å². The van der Waals surface area contributed by atoms with E-state index in [0.29, 0.717) is 5.41 Å². The van der Waals surface area contributed by atoms with Crippen LogP contribution in [0.1, 0.15) is 49.7 Å². The van der Waals surface area contributed by atoms with Gasteiger partial charge in [-0.25, -0.2) is 0 Å². The van der Waals surface area contributed by atoms with Gasteiger partial charge in [0.25, 0.3) is 0 Å². The Hall–Kier alpha value is -1.50. The predicted molar refractivity (Wildman–Crippen MR) is 86.7 cm³/mol. The summed E-state index contributed by atoms with van der Waals surface area (Å²) < 4.78 is 5.40. The molecule has 3 atom stereocenters. The van der Waals surface area contributed by atoms with Crippen LogP contribution in [-0.2, 0) is 6.42 Å². The van der Waals surface area contributed by atoms with Crippen LogP contribution >= 0.6 is 0 Å². The van der Waals surface area contributed by atoms with Crippen molar-refractivity contribution in [1.82, 2.24) is 0 Å². The molecule has 1 saturated carbocycles. The molecule has 1 aromatic carbocycles. The Kier molecular flexibility index (Phi) is 2.99. The smallest absolute Gasteiger partial charge is 0.119 e. The zero-order chi connectivity index (χ0) is 14.4. The Morgan fingerprint density at radius 1 is 1.24 bits per heavy atom. The zero-order valence-electron chi connectivity index (χ0n) is 13.1. The van der Waals surface area contributed by atoms with Crippen LogP contribution in [0.5, 0.6) is 5.75 Å². The maximum atomic E-state index is 5.40. The first-order chi connectivity index (χ1) is 10.3. The van der Waals surface area contributed by atoms with Crippen LogP contribution in [0.3, 0.4) is 0 Å². The predicted octanol–water partition coefficient (Wildman–Crippen LogP) is 5.03. The third kappa shape index (κ3) is 1.83. The summed E-state index contributed by atoms with van der Waals surface area (Å²) in [6.07, 6.45) is 13.6. The Bertz CT molecular complexity index is 625. The highest BCUT2D eigenvalue weighted by atomic mass is 16.5. The Morgan fingerprint density at radius 3 is 2.95 bits per heavy atom. The molecule has 0 aromatic heterocycles. The minimum Gasteiger partial charge on any atom is -0.497 e. The number of hydrogen-bond donors (Lipinski definition) is 0. The van der Waals surface area contributed by atoms with Gasteiger partial charge in [0, 0.05) is 5.41 Å². The van der Waals surface area contributed by atoms with Gasteiger partial charge in [-0.3, -0.25) is 0 Å². The van der Waals surface area contributed by atoms with E-state index < -0.39 is 0 Å². The summed E-state index contributed by atoms with van der Waals surface area (Å²) in [7, 11) is 1.76. The van der Waals surface area contributed by atoms with Gasteiger partial charge in [0.2, 0.25) is 0 Å². The topological polar surface area (TPSA) is 9.23 Å². The van der Waals surface area contributed by atoms with Crippen LogP contribution in [0, 0.1) is 11.3 Å². The number of rotatable bonds is 2. The van der Waals surface area contributed by atoms with E-state index in [-0.39, 0.29) is 0 Å². The zero-order valence-corrected chi connectivity index (χ0v) is 13.1. The summed E-state index contributed by atoms with van der Waals surface area (Å²) in [4.78, 5) is 0. The number of fused-ring (bicyclic) bond motifs is 5. The van der Waals surface area contributed by atoms with Crippen molar-refractivity contribution in [2.24, 2.45) is 11.3 Å². The molecule has 0 aliphatic heterocycles. The van der Waals surface area contributed by atoms with E-state index in [9.17, 15) is 0 Å². The van der Waals surface area contributed by atoms with Crippen LogP contribution < -0.4 is 4.74 Å². The fourth-order valence-electron chi connectivity index (χ4n) is 4.98. The van der Waals surface area contributed by atoms with Gasteiger partial charge >= 0.3 is 0 Å². The fraction of sp³-hybridized carbons (Fsp3) is 0.500. The molecule has 4 rings (SSSR count). The maximum absolute atomic E-state index is 5.40. The Balaban J connectivity index is 1.72. The molecule has 0 N–H and O–H groups in total. The minimum absolute atomic E-state index is 0.394. The lowest BCUT2D eigenvalue weighted by atomic mass is 9.57. The summed E-state index contributed by atoms with van der Waals surface area (Å²) in [5, 5.41) is 0. The summed E-state index contributed by atoms with van der Waals surface area (Å²) in [6, 6.07) is 6.73. The summed E-state index contributed by atoms with van der Waals surface area (Å²) in [6.45, 7) is 2.35. The summed E-state index contributed by atoms with van der Waals surface area (Å²) in [5.74, 6) is 2.49. The first-order valence-corrected chi connectivity index (χ1v) is 8.34. The SMILES string of the molecule is CC[C@@]12C=CC=C1[C@@H]1CCc3cc(OC)ccc3[C@H]1CC2. The van der Waals surface area contributed by atoms with Gasteiger partial charge in [-0.15, -0.1) is 0 Å². The second kappa shape index (κ2) is 4.76. The summed E-state index contributed by atoms with van der Waals surface area (Å²) in [5.41, 5.74) is 5.23. The van der Waals surface area contributed by atoms with Crippen LogP contribution in [0.2, 0.25) is 0 Å². The van der Waals surface area contributed by atoms with Gasteiger partial charge in [0.15, 0.2) is 0 Å². The lowest BCUT2D eigenvalue weighted by molar-refractivity contribution is 0.238. The van der Waals surface area contributed by atoms with Crippen LogP contribution in [0.15, 0.2) is 42.0 Å². The number of aryl methyl sites for hydroxylation is 1. The van der Waals surface area contributed by atoms with Crippen LogP contribution in [0.25, 0.3) is 0 Å². The van der Waals surface area contributed by atoms with E-state index in [1.807, 2.05) is 0 Å². The molecule has 0 amide bonds. The molecular formula is C20H24O. The first-order valence-electron chi connectivity index (χ1n) is 8.34. The highest BCUT2D eigenvalue weighted by Crippen LogP contribution is 2.58. The number of benzene rings is 1. The third-order valence-corrected chi connectivity index (χ3v) is 6.16. The van der Waals surface area contributed by atoms with Gasteiger partial charge in [-0.05, 0) is 67.2 Å². The molecule has 3 aliphatic carbocycles. The summed E-state index contributed by atoms with van der Waals surface area (Å²) >= 11 is 0. The molecule has 0 bridgehead atoms. The quantitative estimate of drug-likeness (QED) is 0.738. The number of ether oxygens (including phenoxy) is 1. The monoisotopic (exact) mass is 280 g/mol. The Morgan fingerprint density at radius 2 is 2.14 bits per heavy atom. The number of allylic oxidation sites excluding steroid dienone is 4. The maximum Gasteiger partial charge on any atom is 0.119 e.